The Kier molecular flexibility index (Phi) is 6.29. The standard InChI is InChI=1S/C29H31NO4/c1-4-26(31)22-11-10-20-14-25-23-16-28(34-18-19-8-6-5-7-9-19)27(32-2)15-21(23)12-13-30(25)17-24(20)29(22)33-3/h5-11,15-16,25H,4,12-14,17-18H2,1-3H3. The average Bonchev–Trinajstić information content (AvgIpc) is 2.89. The number of Topliss-reactive ketones (excluding diaryl/α,β-unsaturated/α-hetero) is 1. The average molecular weight is 458 g/mol. The molecule has 1 unspecified atom stereocenters. The van der Waals surface area contributed by atoms with Crippen molar-refractivity contribution in [3.8, 4) is 17.2 Å². The quantitative estimate of drug-likeness (QED) is 0.437. The molecule has 3 aromatic carbocycles. The first-order valence-corrected chi connectivity index (χ1v) is 12.0. The SMILES string of the molecule is CCC(=O)c1ccc2c(c1OC)CN1CCc3cc(OC)c(OCc4ccccc4)cc3C1C2. The highest BCUT2D eigenvalue weighted by molar-refractivity contribution is 5.99. The van der Waals surface area contributed by atoms with Gasteiger partial charge in [0.25, 0.3) is 0 Å². The molecule has 0 N–H and O–H groups in total. The summed E-state index contributed by atoms with van der Waals surface area (Å²) in [4.78, 5) is 15.0. The predicted molar refractivity (Wildman–Crippen MR) is 132 cm³/mol. The molecular formula is C29H31NO4. The van der Waals surface area contributed by atoms with Gasteiger partial charge in [0.2, 0.25) is 0 Å². The van der Waals surface area contributed by atoms with Crippen LogP contribution < -0.4 is 14.2 Å². The number of fused-ring (bicyclic) bond motifs is 4. The van der Waals surface area contributed by atoms with Crippen LogP contribution in [0.25, 0.3) is 0 Å². The summed E-state index contributed by atoms with van der Waals surface area (Å²) in [5, 5.41) is 0. The number of hydrogen-bond acceptors (Lipinski definition) is 5. The minimum Gasteiger partial charge on any atom is -0.496 e. The summed E-state index contributed by atoms with van der Waals surface area (Å²) < 4.78 is 17.7. The highest BCUT2D eigenvalue weighted by atomic mass is 16.5. The van der Waals surface area contributed by atoms with Crippen LogP contribution in [0.3, 0.4) is 0 Å². The molecule has 3 aromatic rings. The number of ketones is 1. The predicted octanol–water partition coefficient (Wildman–Crippen LogP) is 5.53. The number of carbonyl (C=O) groups excluding carboxylic acids is 1. The van der Waals surface area contributed by atoms with Crippen LogP contribution in [0.2, 0.25) is 0 Å². The molecule has 0 bridgehead atoms. The largest absolute Gasteiger partial charge is 0.496 e. The van der Waals surface area contributed by atoms with Crippen molar-refractivity contribution in [2.24, 2.45) is 0 Å². The molecule has 5 nitrogen and oxygen atoms in total. The van der Waals surface area contributed by atoms with Gasteiger partial charge < -0.3 is 14.2 Å². The normalized spacial score (nSPS) is 16.7. The molecule has 34 heavy (non-hydrogen) atoms. The van der Waals surface area contributed by atoms with Crippen LogP contribution >= 0.6 is 0 Å². The molecule has 0 spiro atoms. The van der Waals surface area contributed by atoms with Gasteiger partial charge in [0.05, 0.1) is 19.8 Å². The number of nitrogens with zero attached hydrogens (tertiary/aromatic N) is 1. The minimum atomic E-state index is 0.123. The van der Waals surface area contributed by atoms with Gasteiger partial charge in [-0.25, -0.2) is 0 Å². The van der Waals surface area contributed by atoms with E-state index in [0.717, 1.165) is 54.3 Å². The Labute approximate surface area is 201 Å². The summed E-state index contributed by atoms with van der Waals surface area (Å²) in [6, 6.07) is 18.8. The van der Waals surface area contributed by atoms with E-state index in [1.54, 1.807) is 14.2 Å². The van der Waals surface area contributed by atoms with Crippen LogP contribution in [0.5, 0.6) is 17.2 Å². The van der Waals surface area contributed by atoms with E-state index in [1.807, 2.05) is 31.2 Å². The molecule has 0 saturated carbocycles. The van der Waals surface area contributed by atoms with Crippen LogP contribution in [-0.4, -0.2) is 31.4 Å². The van der Waals surface area contributed by atoms with Crippen molar-refractivity contribution in [1.29, 1.82) is 0 Å². The van der Waals surface area contributed by atoms with Gasteiger partial charge in [-0.2, -0.15) is 0 Å². The van der Waals surface area contributed by atoms with Crippen LogP contribution in [0, 0.1) is 0 Å². The number of carbonyl (C=O) groups is 1. The zero-order chi connectivity index (χ0) is 23.7. The van der Waals surface area contributed by atoms with Crippen LogP contribution in [0.15, 0.2) is 54.6 Å². The van der Waals surface area contributed by atoms with Crippen molar-refractivity contribution in [3.05, 3.63) is 88.0 Å². The number of methoxy groups -OCH3 is 2. The van der Waals surface area contributed by atoms with Crippen LogP contribution in [0.1, 0.15) is 57.6 Å². The lowest BCUT2D eigenvalue weighted by Crippen LogP contribution is -2.39. The Morgan fingerprint density at radius 2 is 1.82 bits per heavy atom. The summed E-state index contributed by atoms with van der Waals surface area (Å²) in [6.07, 6.45) is 2.30. The van der Waals surface area contributed by atoms with Gasteiger partial charge >= 0.3 is 0 Å². The first-order valence-electron chi connectivity index (χ1n) is 12.0. The van der Waals surface area contributed by atoms with Gasteiger partial charge in [-0.1, -0.05) is 43.3 Å². The van der Waals surface area contributed by atoms with Gasteiger partial charge in [0.1, 0.15) is 12.4 Å². The fraction of sp³-hybridized carbons (Fsp3) is 0.345. The molecule has 0 amide bonds. The van der Waals surface area contributed by atoms with Gasteiger partial charge in [0.15, 0.2) is 17.3 Å². The monoisotopic (exact) mass is 457 g/mol. The zero-order valence-corrected chi connectivity index (χ0v) is 20.1. The molecule has 2 aliphatic heterocycles. The van der Waals surface area contributed by atoms with E-state index in [1.165, 1.54) is 16.7 Å². The van der Waals surface area contributed by atoms with Crippen LogP contribution in [-0.2, 0) is 26.0 Å². The Morgan fingerprint density at radius 1 is 1.00 bits per heavy atom. The molecular weight excluding hydrogens is 426 g/mol. The van der Waals surface area contributed by atoms with E-state index in [0.29, 0.717) is 18.6 Å². The van der Waals surface area contributed by atoms with E-state index < -0.39 is 0 Å². The van der Waals surface area contributed by atoms with Crippen molar-refractivity contribution in [1.82, 2.24) is 4.90 Å². The van der Waals surface area contributed by atoms with Crippen molar-refractivity contribution in [2.75, 3.05) is 20.8 Å². The molecule has 2 aliphatic rings. The Hall–Kier alpha value is -3.31. The second-order valence-corrected chi connectivity index (χ2v) is 8.98. The second kappa shape index (κ2) is 9.51. The lowest BCUT2D eigenvalue weighted by molar-refractivity contribution is 0.0984. The highest BCUT2D eigenvalue weighted by Gasteiger charge is 2.35. The third-order valence-corrected chi connectivity index (χ3v) is 7.09. The van der Waals surface area contributed by atoms with Gasteiger partial charge in [-0.3, -0.25) is 9.69 Å². The third kappa shape index (κ3) is 4.05. The van der Waals surface area contributed by atoms with Crippen molar-refractivity contribution < 1.29 is 19.0 Å². The molecule has 0 fully saturated rings. The summed E-state index contributed by atoms with van der Waals surface area (Å²) >= 11 is 0. The molecule has 176 valence electrons. The Bertz CT molecular complexity index is 1200. The molecule has 5 rings (SSSR count). The van der Waals surface area contributed by atoms with Gasteiger partial charge in [0, 0.05) is 31.1 Å². The van der Waals surface area contributed by atoms with E-state index in [9.17, 15) is 4.79 Å². The zero-order valence-electron chi connectivity index (χ0n) is 20.1. The molecule has 5 heteroatoms. The lowest BCUT2D eigenvalue weighted by Gasteiger charge is -2.42. The van der Waals surface area contributed by atoms with Gasteiger partial charge in [-0.15, -0.1) is 0 Å². The van der Waals surface area contributed by atoms with E-state index in [-0.39, 0.29) is 11.8 Å². The number of ether oxygens (including phenoxy) is 3. The number of benzene rings is 3. The van der Waals surface area contributed by atoms with Gasteiger partial charge in [-0.05, 0) is 53.3 Å². The maximum atomic E-state index is 12.5. The number of hydrogen-bond donors (Lipinski definition) is 0. The summed E-state index contributed by atoms with van der Waals surface area (Å²) in [5.74, 6) is 2.43. The topological polar surface area (TPSA) is 48.0 Å². The second-order valence-electron chi connectivity index (χ2n) is 8.98. The van der Waals surface area contributed by atoms with Crippen LogP contribution in [0.4, 0.5) is 0 Å². The van der Waals surface area contributed by atoms with Crippen molar-refractivity contribution in [2.45, 2.75) is 45.4 Å². The molecule has 0 saturated heterocycles. The van der Waals surface area contributed by atoms with E-state index >= 15 is 0 Å². The highest BCUT2D eigenvalue weighted by Crippen LogP contribution is 2.44. The fourth-order valence-electron chi connectivity index (χ4n) is 5.28. The number of rotatable bonds is 7. The van der Waals surface area contributed by atoms with E-state index in [4.69, 9.17) is 14.2 Å². The Morgan fingerprint density at radius 3 is 2.56 bits per heavy atom. The van der Waals surface area contributed by atoms with Crippen molar-refractivity contribution in [3.63, 3.8) is 0 Å². The van der Waals surface area contributed by atoms with Crippen molar-refractivity contribution >= 4 is 5.78 Å². The maximum Gasteiger partial charge on any atom is 0.166 e. The minimum absolute atomic E-state index is 0.123. The van der Waals surface area contributed by atoms with E-state index in [2.05, 4.69) is 35.2 Å². The molecule has 2 heterocycles. The molecule has 0 radical (unpaired) electrons. The molecule has 0 aliphatic carbocycles. The summed E-state index contributed by atoms with van der Waals surface area (Å²) in [6.45, 7) is 4.13. The Balaban J connectivity index is 1.48. The first kappa shape index (κ1) is 22.5. The first-order chi connectivity index (χ1) is 16.6. The summed E-state index contributed by atoms with van der Waals surface area (Å²) in [5.41, 5.74) is 6.84. The maximum absolute atomic E-state index is 12.5. The smallest absolute Gasteiger partial charge is 0.166 e. The third-order valence-electron chi connectivity index (χ3n) is 7.09. The molecule has 1 atom stereocenters. The lowest BCUT2D eigenvalue weighted by atomic mass is 9.82. The molecule has 0 aromatic heterocycles. The summed E-state index contributed by atoms with van der Waals surface area (Å²) in [7, 11) is 3.37. The fourth-order valence-corrected chi connectivity index (χ4v) is 5.28.